The number of fused-ring (bicyclic) bond motifs is 1. The number of benzene rings is 1. The van der Waals surface area contributed by atoms with Gasteiger partial charge in [0.05, 0.1) is 17.8 Å². The number of azide groups is 1. The SMILES string of the molecule is Cc1ccc(C(=O)CN=[N+]=[N-])c2c1NC(=O)CO2. The van der Waals surface area contributed by atoms with Gasteiger partial charge >= 0.3 is 0 Å². The van der Waals surface area contributed by atoms with Crippen molar-refractivity contribution in [3.05, 3.63) is 33.7 Å². The highest BCUT2D eigenvalue weighted by atomic mass is 16.5. The average Bonchev–Trinajstić information content (AvgIpc) is 2.37. The molecule has 7 heteroatoms. The van der Waals surface area contributed by atoms with E-state index in [4.69, 9.17) is 10.3 Å². The van der Waals surface area contributed by atoms with E-state index in [1.165, 1.54) is 0 Å². The maximum atomic E-state index is 11.8. The quantitative estimate of drug-likeness (QED) is 0.380. The summed E-state index contributed by atoms with van der Waals surface area (Å²) in [5.74, 6) is -0.266. The molecule has 1 heterocycles. The lowest BCUT2D eigenvalue weighted by Gasteiger charge is -2.21. The van der Waals surface area contributed by atoms with Gasteiger partial charge in [0, 0.05) is 4.91 Å². The Morgan fingerprint density at radius 1 is 1.61 bits per heavy atom. The van der Waals surface area contributed by atoms with Gasteiger partial charge in [0.2, 0.25) is 0 Å². The third-order valence-electron chi connectivity index (χ3n) is 2.56. The van der Waals surface area contributed by atoms with Gasteiger partial charge in [-0.05, 0) is 24.1 Å². The van der Waals surface area contributed by atoms with Crippen molar-refractivity contribution in [3.63, 3.8) is 0 Å². The van der Waals surface area contributed by atoms with Gasteiger partial charge in [0.25, 0.3) is 5.91 Å². The molecular weight excluding hydrogens is 236 g/mol. The number of anilines is 1. The second-order valence-corrected chi connectivity index (χ2v) is 3.78. The van der Waals surface area contributed by atoms with Crippen LogP contribution in [0.1, 0.15) is 15.9 Å². The smallest absolute Gasteiger partial charge is 0.262 e. The summed E-state index contributed by atoms with van der Waals surface area (Å²) < 4.78 is 5.28. The predicted molar refractivity (Wildman–Crippen MR) is 63.6 cm³/mol. The monoisotopic (exact) mass is 246 g/mol. The van der Waals surface area contributed by atoms with E-state index in [9.17, 15) is 9.59 Å². The molecule has 0 unspecified atom stereocenters. The number of aryl methyl sites for hydroxylation is 1. The van der Waals surface area contributed by atoms with E-state index < -0.39 is 0 Å². The van der Waals surface area contributed by atoms with E-state index >= 15 is 0 Å². The van der Waals surface area contributed by atoms with Crippen molar-refractivity contribution in [2.24, 2.45) is 5.11 Å². The number of carbonyl (C=O) groups excluding carboxylic acids is 2. The van der Waals surface area contributed by atoms with Crippen molar-refractivity contribution in [1.29, 1.82) is 0 Å². The molecule has 0 radical (unpaired) electrons. The lowest BCUT2D eigenvalue weighted by atomic mass is 10.0. The second kappa shape index (κ2) is 4.77. The van der Waals surface area contributed by atoms with Crippen LogP contribution < -0.4 is 10.1 Å². The molecule has 0 atom stereocenters. The minimum atomic E-state index is -0.347. The zero-order chi connectivity index (χ0) is 13.1. The van der Waals surface area contributed by atoms with E-state index in [1.807, 2.05) is 0 Å². The van der Waals surface area contributed by atoms with Crippen LogP contribution in [0, 0.1) is 6.92 Å². The maximum absolute atomic E-state index is 11.8. The fourth-order valence-electron chi connectivity index (χ4n) is 1.70. The number of hydrogen-bond acceptors (Lipinski definition) is 4. The lowest BCUT2D eigenvalue weighted by Crippen LogP contribution is -2.27. The zero-order valence-electron chi connectivity index (χ0n) is 9.64. The first-order chi connectivity index (χ1) is 8.63. The number of carbonyl (C=O) groups is 2. The molecule has 0 spiro atoms. The molecule has 7 nitrogen and oxygen atoms in total. The van der Waals surface area contributed by atoms with E-state index in [0.29, 0.717) is 17.0 Å². The minimum absolute atomic E-state index is 0.127. The summed E-state index contributed by atoms with van der Waals surface area (Å²) in [6.07, 6.45) is 0. The first-order valence-corrected chi connectivity index (χ1v) is 5.24. The fourth-order valence-corrected chi connectivity index (χ4v) is 1.70. The molecule has 1 aromatic rings. The third-order valence-corrected chi connectivity index (χ3v) is 2.56. The summed E-state index contributed by atoms with van der Waals surface area (Å²) >= 11 is 0. The molecule has 0 saturated carbocycles. The van der Waals surface area contributed by atoms with Crippen LogP contribution in [0.25, 0.3) is 10.4 Å². The largest absolute Gasteiger partial charge is 0.481 e. The Balaban J connectivity index is 2.44. The number of Topliss-reactive ketones (excluding diaryl/α,β-unsaturated/α-hetero) is 1. The van der Waals surface area contributed by atoms with Gasteiger partial charge in [0.1, 0.15) is 0 Å². The van der Waals surface area contributed by atoms with Gasteiger partial charge < -0.3 is 10.1 Å². The molecule has 18 heavy (non-hydrogen) atoms. The van der Waals surface area contributed by atoms with Crippen LogP contribution >= 0.6 is 0 Å². The summed E-state index contributed by atoms with van der Waals surface area (Å²) in [4.78, 5) is 25.6. The van der Waals surface area contributed by atoms with E-state index in [-0.39, 0.29) is 24.8 Å². The number of rotatable bonds is 3. The van der Waals surface area contributed by atoms with Crippen LogP contribution in [0.2, 0.25) is 0 Å². The van der Waals surface area contributed by atoms with Gasteiger partial charge in [-0.2, -0.15) is 0 Å². The van der Waals surface area contributed by atoms with Crippen molar-refractivity contribution < 1.29 is 14.3 Å². The normalized spacial score (nSPS) is 12.8. The van der Waals surface area contributed by atoms with Crippen LogP contribution in [0.5, 0.6) is 5.75 Å². The number of ether oxygens (including phenoxy) is 1. The third kappa shape index (κ3) is 2.11. The molecule has 0 saturated heterocycles. The summed E-state index contributed by atoms with van der Waals surface area (Å²) in [6, 6.07) is 3.30. The van der Waals surface area contributed by atoms with Crippen LogP contribution in [-0.2, 0) is 4.79 Å². The lowest BCUT2D eigenvalue weighted by molar-refractivity contribution is -0.118. The Kier molecular flexibility index (Phi) is 3.16. The van der Waals surface area contributed by atoms with Crippen molar-refractivity contribution in [1.82, 2.24) is 0 Å². The number of nitrogens with zero attached hydrogens (tertiary/aromatic N) is 3. The maximum Gasteiger partial charge on any atom is 0.262 e. The van der Waals surface area contributed by atoms with Crippen LogP contribution in [0.15, 0.2) is 17.2 Å². The van der Waals surface area contributed by atoms with Crippen molar-refractivity contribution in [2.45, 2.75) is 6.92 Å². The zero-order valence-corrected chi connectivity index (χ0v) is 9.64. The van der Waals surface area contributed by atoms with Crippen molar-refractivity contribution >= 4 is 17.4 Å². The molecule has 2 rings (SSSR count). The number of hydrogen-bond donors (Lipinski definition) is 1. The molecule has 1 N–H and O–H groups in total. The molecule has 1 aliphatic rings. The van der Waals surface area contributed by atoms with Gasteiger partial charge in [-0.25, -0.2) is 0 Å². The highest BCUT2D eigenvalue weighted by Crippen LogP contribution is 2.34. The van der Waals surface area contributed by atoms with Crippen molar-refractivity contribution in [2.75, 3.05) is 18.5 Å². The first-order valence-electron chi connectivity index (χ1n) is 5.24. The molecule has 0 aromatic heterocycles. The molecule has 0 aliphatic carbocycles. The molecule has 92 valence electrons. The molecule has 0 fully saturated rings. The van der Waals surface area contributed by atoms with Crippen LogP contribution in [0.3, 0.4) is 0 Å². The van der Waals surface area contributed by atoms with Crippen LogP contribution in [0.4, 0.5) is 5.69 Å². The highest BCUT2D eigenvalue weighted by molar-refractivity contribution is 6.05. The van der Waals surface area contributed by atoms with Crippen LogP contribution in [-0.4, -0.2) is 24.8 Å². The molecule has 1 aliphatic heterocycles. The Morgan fingerprint density at radius 3 is 3.11 bits per heavy atom. The first kappa shape index (κ1) is 11.9. The number of amides is 1. The molecule has 1 amide bonds. The topological polar surface area (TPSA) is 104 Å². The fraction of sp³-hybridized carbons (Fsp3) is 0.273. The van der Waals surface area contributed by atoms with E-state index in [0.717, 1.165) is 5.56 Å². The summed E-state index contributed by atoms with van der Waals surface area (Å²) in [7, 11) is 0. The summed E-state index contributed by atoms with van der Waals surface area (Å²) in [6.45, 7) is 1.40. The average molecular weight is 246 g/mol. The Morgan fingerprint density at radius 2 is 2.39 bits per heavy atom. The standard InChI is InChI=1S/C11H10N4O3/c1-6-2-3-7(8(16)4-13-15-12)11-10(6)14-9(17)5-18-11/h2-3H,4-5H2,1H3,(H,14,17). The Labute approximate surface area is 102 Å². The Hall–Kier alpha value is -2.53. The molecular formula is C11H10N4O3. The van der Waals surface area contributed by atoms with Gasteiger partial charge in [0.15, 0.2) is 18.1 Å². The van der Waals surface area contributed by atoms with Crippen molar-refractivity contribution in [3.8, 4) is 5.75 Å². The number of nitrogens with one attached hydrogen (secondary N) is 1. The van der Waals surface area contributed by atoms with E-state index in [2.05, 4.69) is 15.3 Å². The van der Waals surface area contributed by atoms with Gasteiger partial charge in [-0.3, -0.25) is 9.59 Å². The second-order valence-electron chi connectivity index (χ2n) is 3.78. The Bertz CT molecular complexity index is 576. The van der Waals surface area contributed by atoms with E-state index in [1.54, 1.807) is 19.1 Å². The highest BCUT2D eigenvalue weighted by Gasteiger charge is 2.23. The predicted octanol–water partition coefficient (Wildman–Crippen LogP) is 1.82. The van der Waals surface area contributed by atoms with Gasteiger partial charge in [-0.15, -0.1) is 0 Å². The molecule has 1 aromatic carbocycles. The minimum Gasteiger partial charge on any atom is -0.481 e. The summed E-state index contributed by atoms with van der Waals surface area (Å²) in [5, 5.41) is 5.88. The number of ketones is 1. The summed E-state index contributed by atoms with van der Waals surface area (Å²) in [5.41, 5.74) is 9.81. The molecule has 0 bridgehead atoms. The van der Waals surface area contributed by atoms with Gasteiger partial charge in [-0.1, -0.05) is 11.2 Å².